The highest BCUT2D eigenvalue weighted by Crippen LogP contribution is 2.34. The van der Waals surface area contributed by atoms with Gasteiger partial charge in [0.15, 0.2) is 0 Å². The molecule has 20 heavy (non-hydrogen) atoms. The van der Waals surface area contributed by atoms with Gasteiger partial charge >= 0.3 is 0 Å². The van der Waals surface area contributed by atoms with Crippen LogP contribution in [0.1, 0.15) is 24.8 Å². The topological polar surface area (TPSA) is 46.6 Å². The lowest BCUT2D eigenvalue weighted by molar-refractivity contribution is -0.0241. The molecule has 0 aromatic heterocycles. The molecule has 1 heterocycles. The van der Waals surface area contributed by atoms with E-state index in [2.05, 4.69) is 15.9 Å². The normalized spacial score (nSPS) is 27.5. The lowest BCUT2D eigenvalue weighted by Crippen LogP contribution is -2.51. The zero-order valence-corrected chi connectivity index (χ0v) is 13.8. The van der Waals surface area contributed by atoms with Crippen molar-refractivity contribution in [2.75, 3.05) is 13.2 Å². The van der Waals surface area contributed by atoms with Gasteiger partial charge in [-0.1, -0.05) is 22.0 Å². The van der Waals surface area contributed by atoms with E-state index in [9.17, 15) is 8.42 Å². The molecule has 2 fully saturated rings. The summed E-state index contributed by atoms with van der Waals surface area (Å²) >= 11 is 3.36. The van der Waals surface area contributed by atoms with E-state index in [-0.39, 0.29) is 12.1 Å². The Morgan fingerprint density at radius 2 is 2.15 bits per heavy atom. The Hall–Kier alpha value is -0.430. The Balaban J connectivity index is 2.00. The largest absolute Gasteiger partial charge is 0.375 e. The van der Waals surface area contributed by atoms with Crippen molar-refractivity contribution in [3.8, 4) is 0 Å². The summed E-state index contributed by atoms with van der Waals surface area (Å²) in [6.07, 6.45) is 2.98. The molecule has 2 atom stereocenters. The number of sulfonamides is 1. The SMILES string of the molecule is Cc1ccc(Br)cc1S(=O)(=O)N1CCOC2CCCC21. The van der Waals surface area contributed by atoms with Crippen LogP contribution in [0.25, 0.3) is 0 Å². The predicted octanol–water partition coefficient (Wildman–Crippen LogP) is 2.70. The van der Waals surface area contributed by atoms with Crippen molar-refractivity contribution < 1.29 is 13.2 Å². The van der Waals surface area contributed by atoms with Crippen LogP contribution in [0.3, 0.4) is 0 Å². The fraction of sp³-hybridized carbons (Fsp3) is 0.571. The second-order valence-corrected chi connectivity index (χ2v) is 8.21. The summed E-state index contributed by atoms with van der Waals surface area (Å²) in [7, 11) is -3.45. The van der Waals surface area contributed by atoms with Crippen LogP contribution in [0.15, 0.2) is 27.6 Å². The van der Waals surface area contributed by atoms with Gasteiger partial charge in [0.1, 0.15) is 0 Å². The Morgan fingerprint density at radius 3 is 2.95 bits per heavy atom. The van der Waals surface area contributed by atoms with Crippen molar-refractivity contribution in [3.05, 3.63) is 28.2 Å². The van der Waals surface area contributed by atoms with Gasteiger partial charge in [-0.3, -0.25) is 0 Å². The number of rotatable bonds is 2. The zero-order chi connectivity index (χ0) is 14.3. The van der Waals surface area contributed by atoms with Crippen LogP contribution in [0.2, 0.25) is 0 Å². The molecule has 2 aliphatic rings. The van der Waals surface area contributed by atoms with E-state index in [1.54, 1.807) is 10.4 Å². The fourth-order valence-electron chi connectivity index (χ4n) is 3.17. The molecule has 3 rings (SSSR count). The van der Waals surface area contributed by atoms with E-state index < -0.39 is 10.0 Å². The standard InChI is InChI=1S/C14H18BrNO3S/c1-10-5-6-11(15)9-14(10)20(17,18)16-7-8-19-13-4-2-3-12(13)16/h5-6,9,12-13H,2-4,7-8H2,1H3. The summed E-state index contributed by atoms with van der Waals surface area (Å²) in [5, 5.41) is 0. The maximum absolute atomic E-state index is 13.0. The first-order valence-electron chi connectivity index (χ1n) is 6.90. The number of fused-ring (bicyclic) bond motifs is 1. The molecule has 0 bridgehead atoms. The maximum atomic E-state index is 13.0. The Kier molecular flexibility index (Phi) is 3.92. The van der Waals surface area contributed by atoms with Gasteiger partial charge in [-0.05, 0) is 43.9 Å². The minimum atomic E-state index is -3.45. The lowest BCUT2D eigenvalue weighted by Gasteiger charge is -2.36. The molecule has 1 aromatic rings. The third kappa shape index (κ3) is 2.43. The molecular formula is C14H18BrNO3S. The third-order valence-corrected chi connectivity index (χ3v) is 6.73. The van der Waals surface area contributed by atoms with E-state index in [0.717, 1.165) is 29.3 Å². The van der Waals surface area contributed by atoms with Crippen LogP contribution in [-0.4, -0.2) is 38.0 Å². The van der Waals surface area contributed by atoms with Gasteiger partial charge < -0.3 is 4.74 Å². The summed E-state index contributed by atoms with van der Waals surface area (Å²) in [6.45, 7) is 2.79. The minimum Gasteiger partial charge on any atom is -0.375 e. The molecule has 2 unspecified atom stereocenters. The molecule has 1 saturated carbocycles. The highest BCUT2D eigenvalue weighted by atomic mass is 79.9. The highest BCUT2D eigenvalue weighted by Gasteiger charge is 2.42. The summed E-state index contributed by atoms with van der Waals surface area (Å²) in [5.41, 5.74) is 0.786. The molecule has 1 saturated heterocycles. The van der Waals surface area contributed by atoms with Crippen LogP contribution in [0.4, 0.5) is 0 Å². The van der Waals surface area contributed by atoms with Crippen LogP contribution >= 0.6 is 15.9 Å². The number of morpholine rings is 1. The van der Waals surface area contributed by atoms with Crippen molar-refractivity contribution in [2.24, 2.45) is 0 Å². The van der Waals surface area contributed by atoms with Gasteiger partial charge in [-0.2, -0.15) is 4.31 Å². The first-order valence-corrected chi connectivity index (χ1v) is 9.13. The van der Waals surface area contributed by atoms with Crippen LogP contribution in [-0.2, 0) is 14.8 Å². The van der Waals surface area contributed by atoms with Gasteiger partial charge in [0.05, 0.1) is 23.6 Å². The number of ether oxygens (including phenoxy) is 1. The Labute approximate surface area is 128 Å². The molecule has 4 nitrogen and oxygen atoms in total. The quantitative estimate of drug-likeness (QED) is 0.815. The summed E-state index contributed by atoms with van der Waals surface area (Å²) in [6, 6.07) is 5.41. The van der Waals surface area contributed by atoms with E-state index in [0.29, 0.717) is 18.0 Å². The van der Waals surface area contributed by atoms with Gasteiger partial charge in [0.25, 0.3) is 0 Å². The Bertz CT molecular complexity index is 617. The minimum absolute atomic E-state index is 0.00660. The van der Waals surface area contributed by atoms with Crippen molar-refractivity contribution in [1.82, 2.24) is 4.31 Å². The van der Waals surface area contributed by atoms with Gasteiger partial charge in [0, 0.05) is 11.0 Å². The number of nitrogens with zero attached hydrogens (tertiary/aromatic N) is 1. The number of aryl methyl sites for hydroxylation is 1. The van der Waals surface area contributed by atoms with Crippen LogP contribution < -0.4 is 0 Å². The molecular weight excluding hydrogens is 342 g/mol. The van der Waals surface area contributed by atoms with E-state index in [1.165, 1.54) is 0 Å². The maximum Gasteiger partial charge on any atom is 0.243 e. The molecule has 0 amide bonds. The number of hydrogen-bond donors (Lipinski definition) is 0. The monoisotopic (exact) mass is 359 g/mol. The van der Waals surface area contributed by atoms with Crippen molar-refractivity contribution in [1.29, 1.82) is 0 Å². The second kappa shape index (κ2) is 5.40. The molecule has 1 aliphatic carbocycles. The summed E-state index contributed by atoms with van der Waals surface area (Å²) in [4.78, 5) is 0.402. The lowest BCUT2D eigenvalue weighted by atomic mass is 10.2. The predicted molar refractivity (Wildman–Crippen MR) is 80.1 cm³/mol. The average Bonchev–Trinajstić information content (AvgIpc) is 2.89. The average molecular weight is 360 g/mol. The van der Waals surface area contributed by atoms with E-state index in [1.807, 2.05) is 19.1 Å². The molecule has 110 valence electrons. The number of halogens is 1. The molecule has 6 heteroatoms. The number of benzene rings is 1. The molecule has 0 spiro atoms. The van der Waals surface area contributed by atoms with Crippen LogP contribution in [0, 0.1) is 6.92 Å². The van der Waals surface area contributed by atoms with Crippen molar-refractivity contribution in [2.45, 2.75) is 43.2 Å². The van der Waals surface area contributed by atoms with Gasteiger partial charge in [-0.25, -0.2) is 8.42 Å². The third-order valence-electron chi connectivity index (χ3n) is 4.17. The van der Waals surface area contributed by atoms with Gasteiger partial charge in [-0.15, -0.1) is 0 Å². The summed E-state index contributed by atoms with van der Waals surface area (Å²) in [5.74, 6) is 0. The molecule has 0 radical (unpaired) electrons. The summed E-state index contributed by atoms with van der Waals surface area (Å²) < 4.78 is 34.1. The number of hydrogen-bond acceptors (Lipinski definition) is 3. The zero-order valence-electron chi connectivity index (χ0n) is 11.4. The molecule has 0 N–H and O–H groups in total. The first kappa shape index (κ1) is 14.5. The van der Waals surface area contributed by atoms with E-state index in [4.69, 9.17) is 4.74 Å². The van der Waals surface area contributed by atoms with Crippen molar-refractivity contribution in [3.63, 3.8) is 0 Å². The van der Waals surface area contributed by atoms with Crippen LogP contribution in [0.5, 0.6) is 0 Å². The fourth-order valence-corrected chi connectivity index (χ4v) is 5.60. The van der Waals surface area contributed by atoms with E-state index >= 15 is 0 Å². The Morgan fingerprint density at radius 1 is 1.35 bits per heavy atom. The van der Waals surface area contributed by atoms with Crippen molar-refractivity contribution >= 4 is 26.0 Å². The first-order chi connectivity index (χ1) is 9.50. The molecule has 1 aliphatic heterocycles. The second-order valence-electron chi connectivity index (χ2n) is 5.43. The molecule has 1 aromatic carbocycles. The smallest absolute Gasteiger partial charge is 0.243 e. The van der Waals surface area contributed by atoms with Gasteiger partial charge in [0.2, 0.25) is 10.0 Å². The highest BCUT2D eigenvalue weighted by molar-refractivity contribution is 9.10.